The van der Waals surface area contributed by atoms with Crippen molar-refractivity contribution in [1.82, 2.24) is 5.32 Å². The second-order valence-corrected chi connectivity index (χ2v) is 3.66. The van der Waals surface area contributed by atoms with E-state index in [0.717, 1.165) is 0 Å². The minimum atomic E-state index is -5.08. The minimum Gasteiger partial charge on any atom is -0.480 e. The van der Waals surface area contributed by atoms with Crippen molar-refractivity contribution in [3.63, 3.8) is 0 Å². The summed E-state index contributed by atoms with van der Waals surface area (Å²) in [5.41, 5.74) is 5.20. The first kappa shape index (κ1) is 20.4. The second-order valence-electron chi connectivity index (χ2n) is 3.66. The van der Waals surface area contributed by atoms with E-state index in [-0.39, 0.29) is 0 Å². The van der Waals surface area contributed by atoms with Gasteiger partial charge in [-0.15, -0.1) is 0 Å². The van der Waals surface area contributed by atoms with E-state index in [9.17, 15) is 22.8 Å². The average Bonchev–Trinajstić information content (AvgIpc) is 2.23. The van der Waals surface area contributed by atoms with Crippen LogP contribution in [-0.4, -0.2) is 57.5 Å². The molecule has 1 amide bonds. The number of carbonyl (C=O) groups excluding carboxylic acids is 1. The predicted octanol–water partition coefficient (Wildman–Crippen LogP) is -1.08. The molecule has 0 saturated carbocycles. The zero-order valence-corrected chi connectivity index (χ0v) is 10.5. The third-order valence-corrected chi connectivity index (χ3v) is 1.70. The molecular weight excluding hydrogens is 289 g/mol. The lowest BCUT2D eigenvalue weighted by molar-refractivity contribution is -0.192. The number of nitrogens with one attached hydrogen (secondary N) is 1. The number of nitrogens with two attached hydrogens (primary N) is 1. The van der Waals surface area contributed by atoms with Gasteiger partial charge in [-0.25, -0.2) is 9.59 Å². The quantitative estimate of drug-likeness (QED) is 0.443. The van der Waals surface area contributed by atoms with Crippen LogP contribution in [0, 0.1) is 0 Å². The largest absolute Gasteiger partial charge is 0.490 e. The summed E-state index contributed by atoms with van der Waals surface area (Å²) in [6, 6.07) is -2.10. The van der Waals surface area contributed by atoms with Crippen LogP contribution in [0.5, 0.6) is 0 Å². The van der Waals surface area contributed by atoms with Crippen LogP contribution in [0.3, 0.4) is 0 Å². The third kappa shape index (κ3) is 9.10. The van der Waals surface area contributed by atoms with Crippen molar-refractivity contribution < 1.29 is 42.9 Å². The highest BCUT2D eigenvalue weighted by atomic mass is 19.4. The highest BCUT2D eigenvalue weighted by Crippen LogP contribution is 2.13. The van der Waals surface area contributed by atoms with Crippen molar-refractivity contribution in [3.05, 3.63) is 0 Å². The molecule has 0 aromatic rings. The summed E-state index contributed by atoms with van der Waals surface area (Å²) in [4.78, 5) is 30.3. The topological polar surface area (TPSA) is 150 Å². The molecule has 20 heavy (non-hydrogen) atoms. The van der Waals surface area contributed by atoms with E-state index in [4.69, 9.17) is 25.8 Å². The van der Waals surface area contributed by atoms with Crippen LogP contribution >= 0.6 is 0 Å². The Morgan fingerprint density at radius 1 is 1.15 bits per heavy atom. The van der Waals surface area contributed by atoms with E-state index in [0.29, 0.717) is 0 Å². The fraction of sp³-hybridized carbons (Fsp3) is 0.667. The molecule has 0 aromatic heterocycles. The Hall–Kier alpha value is -1.88. The molecule has 0 aliphatic rings. The molecule has 0 saturated heterocycles. The maximum absolute atomic E-state index is 11.0. The average molecular weight is 304 g/mol. The zero-order valence-electron chi connectivity index (χ0n) is 10.5. The number of hydrogen-bond donors (Lipinski definition) is 5. The fourth-order valence-electron chi connectivity index (χ4n) is 0.673. The normalized spacial score (nSPS) is 15.2. The number of amides is 1. The van der Waals surface area contributed by atoms with Gasteiger partial charge in [0.15, 0.2) is 6.04 Å². The lowest BCUT2D eigenvalue weighted by Gasteiger charge is -2.17. The molecule has 0 heterocycles. The highest BCUT2D eigenvalue weighted by molar-refractivity contribution is 5.86. The first-order chi connectivity index (χ1) is 8.80. The van der Waals surface area contributed by atoms with E-state index >= 15 is 0 Å². The van der Waals surface area contributed by atoms with Crippen molar-refractivity contribution in [1.29, 1.82) is 0 Å². The molecule has 0 fully saturated rings. The standard InChI is InChI=1S/C7H14N2O4.C2HF3O2/c1-3(8)6(11)9-5(4(2)10)7(12)13;3-2(4,5)1(6)7/h3-5,10H,8H2,1-2H3,(H,9,11)(H,12,13);(H,6,7)/t3-,4?,5-;/m0./s1. The number of carbonyl (C=O) groups is 3. The second kappa shape index (κ2) is 8.32. The maximum Gasteiger partial charge on any atom is 0.490 e. The summed E-state index contributed by atoms with van der Waals surface area (Å²) in [7, 11) is 0. The molecule has 1 unspecified atom stereocenters. The molecule has 0 aliphatic heterocycles. The Labute approximate surface area is 111 Å². The van der Waals surface area contributed by atoms with Crippen molar-refractivity contribution in [2.75, 3.05) is 0 Å². The molecule has 0 spiro atoms. The number of hydrogen-bond acceptors (Lipinski definition) is 5. The summed E-state index contributed by atoms with van der Waals surface area (Å²) in [5, 5.41) is 26.8. The molecule has 11 heteroatoms. The molecule has 0 bridgehead atoms. The molecule has 8 nitrogen and oxygen atoms in total. The van der Waals surface area contributed by atoms with Gasteiger partial charge in [0.1, 0.15) is 0 Å². The molecular formula is C9H15F3N2O6. The lowest BCUT2D eigenvalue weighted by atomic mass is 10.1. The Balaban J connectivity index is 0. The Kier molecular flexibility index (Phi) is 8.50. The summed E-state index contributed by atoms with van der Waals surface area (Å²) >= 11 is 0. The number of rotatable bonds is 4. The van der Waals surface area contributed by atoms with Gasteiger partial charge >= 0.3 is 18.1 Å². The number of halogens is 3. The van der Waals surface area contributed by atoms with Crippen LogP contribution in [-0.2, 0) is 14.4 Å². The number of aliphatic hydroxyl groups is 1. The van der Waals surface area contributed by atoms with Gasteiger partial charge in [0, 0.05) is 0 Å². The molecule has 0 radical (unpaired) electrons. The lowest BCUT2D eigenvalue weighted by Crippen LogP contribution is -2.51. The number of aliphatic hydroxyl groups excluding tert-OH is 1. The van der Waals surface area contributed by atoms with E-state index in [1.165, 1.54) is 13.8 Å². The Morgan fingerprint density at radius 3 is 1.65 bits per heavy atom. The molecule has 6 N–H and O–H groups in total. The van der Waals surface area contributed by atoms with E-state index < -0.39 is 42.2 Å². The maximum atomic E-state index is 11.0. The van der Waals surface area contributed by atoms with E-state index in [1.807, 2.05) is 0 Å². The van der Waals surface area contributed by atoms with Gasteiger partial charge in [0.25, 0.3) is 0 Å². The molecule has 0 aliphatic carbocycles. The Morgan fingerprint density at radius 2 is 1.50 bits per heavy atom. The highest BCUT2D eigenvalue weighted by Gasteiger charge is 2.38. The number of alkyl halides is 3. The van der Waals surface area contributed by atoms with Crippen LogP contribution in [0.2, 0.25) is 0 Å². The number of carboxylic acid groups (broad SMARTS) is 2. The van der Waals surface area contributed by atoms with Crippen LogP contribution in [0.4, 0.5) is 13.2 Å². The van der Waals surface area contributed by atoms with Gasteiger partial charge < -0.3 is 26.4 Å². The summed E-state index contributed by atoms with van der Waals surface area (Å²) in [6.07, 6.45) is -6.24. The van der Waals surface area contributed by atoms with Gasteiger partial charge in [0.2, 0.25) is 5.91 Å². The van der Waals surface area contributed by atoms with Gasteiger partial charge in [-0.2, -0.15) is 13.2 Å². The van der Waals surface area contributed by atoms with Gasteiger partial charge in [0.05, 0.1) is 12.1 Å². The first-order valence-electron chi connectivity index (χ1n) is 5.07. The van der Waals surface area contributed by atoms with E-state index in [2.05, 4.69) is 5.32 Å². The van der Waals surface area contributed by atoms with Crippen molar-refractivity contribution in [2.45, 2.75) is 38.2 Å². The van der Waals surface area contributed by atoms with Gasteiger partial charge in [-0.1, -0.05) is 0 Å². The van der Waals surface area contributed by atoms with Crippen molar-refractivity contribution >= 4 is 17.8 Å². The Bertz CT molecular complexity index is 356. The van der Waals surface area contributed by atoms with Gasteiger partial charge in [-0.05, 0) is 13.8 Å². The monoisotopic (exact) mass is 304 g/mol. The van der Waals surface area contributed by atoms with Crippen LogP contribution < -0.4 is 11.1 Å². The van der Waals surface area contributed by atoms with E-state index in [1.54, 1.807) is 0 Å². The smallest absolute Gasteiger partial charge is 0.480 e. The summed E-state index contributed by atoms with van der Waals surface area (Å²) < 4.78 is 31.7. The third-order valence-electron chi connectivity index (χ3n) is 1.70. The van der Waals surface area contributed by atoms with Crippen molar-refractivity contribution in [3.8, 4) is 0 Å². The van der Waals surface area contributed by atoms with Gasteiger partial charge in [-0.3, -0.25) is 4.79 Å². The minimum absolute atomic E-state index is 0.603. The molecule has 0 aromatic carbocycles. The van der Waals surface area contributed by atoms with Crippen molar-refractivity contribution in [2.24, 2.45) is 5.73 Å². The SMILES string of the molecule is CC(O)[C@H](NC(=O)[C@H](C)N)C(=O)O.O=C(O)C(F)(F)F. The summed E-state index contributed by atoms with van der Waals surface area (Å²) in [5.74, 6) is -4.65. The predicted molar refractivity (Wildman–Crippen MR) is 58.6 cm³/mol. The molecule has 118 valence electrons. The molecule has 3 atom stereocenters. The summed E-state index contributed by atoms with van der Waals surface area (Å²) in [6.45, 7) is 2.70. The first-order valence-corrected chi connectivity index (χ1v) is 5.07. The molecule has 0 rings (SSSR count). The zero-order chi connectivity index (χ0) is 16.7. The number of carboxylic acids is 2. The van der Waals surface area contributed by atoms with Crippen LogP contribution in [0.15, 0.2) is 0 Å². The fourth-order valence-corrected chi connectivity index (χ4v) is 0.673. The van der Waals surface area contributed by atoms with Crippen LogP contribution in [0.25, 0.3) is 0 Å². The van der Waals surface area contributed by atoms with Crippen LogP contribution in [0.1, 0.15) is 13.8 Å². The number of aliphatic carboxylic acids is 2.